The van der Waals surface area contributed by atoms with Crippen molar-refractivity contribution in [2.75, 3.05) is 17.2 Å². The first-order valence-corrected chi connectivity index (χ1v) is 14.7. The highest BCUT2D eigenvalue weighted by atomic mass is 32.2. The predicted octanol–water partition coefficient (Wildman–Crippen LogP) is 6.39. The molecule has 0 aliphatic carbocycles. The summed E-state index contributed by atoms with van der Waals surface area (Å²) in [7, 11) is 0. The molecule has 13 heteroatoms. The number of carbonyl (C=O) groups excluding carboxylic acids is 1. The Kier molecular flexibility index (Phi) is 9.11. The van der Waals surface area contributed by atoms with Gasteiger partial charge in [0.1, 0.15) is 12.1 Å². The van der Waals surface area contributed by atoms with Crippen LogP contribution < -0.4 is 15.0 Å². The highest BCUT2D eigenvalue weighted by Gasteiger charge is 2.32. The fourth-order valence-electron chi connectivity index (χ4n) is 4.62. The molecule has 1 aromatic heterocycles. The number of thioether (sulfide) groups is 1. The van der Waals surface area contributed by atoms with Gasteiger partial charge in [-0.15, -0.1) is 18.3 Å². The minimum Gasteiger partial charge on any atom is -0.406 e. The molecular weight excluding hydrogens is 597 g/mol. The zero-order valence-electron chi connectivity index (χ0n) is 23.3. The molecule has 0 atom stereocenters. The zero-order chi connectivity index (χ0) is 30.6. The summed E-state index contributed by atoms with van der Waals surface area (Å²) in [6.45, 7) is 4.55. The molecule has 1 aliphatic heterocycles. The Morgan fingerprint density at radius 3 is 2.53 bits per heavy atom. The monoisotopic (exact) mass is 624 g/mol. The molecule has 0 spiro atoms. The first-order valence-electron chi connectivity index (χ1n) is 13.3. The number of anilines is 1. The van der Waals surface area contributed by atoms with E-state index in [4.69, 9.17) is 12.2 Å². The molecule has 1 fully saturated rings. The maximum Gasteiger partial charge on any atom is 0.573 e. The van der Waals surface area contributed by atoms with Crippen molar-refractivity contribution in [3.8, 4) is 22.8 Å². The molecule has 8 nitrogen and oxygen atoms in total. The Hall–Kier alpha value is -4.23. The second-order valence-corrected chi connectivity index (χ2v) is 11.1. The Balaban J connectivity index is 1.16. The predicted molar refractivity (Wildman–Crippen MR) is 166 cm³/mol. The number of carbonyl (C=O) groups is 1. The van der Waals surface area contributed by atoms with Crippen molar-refractivity contribution < 1.29 is 22.7 Å². The number of rotatable bonds is 8. The minimum atomic E-state index is -4.75. The smallest absolute Gasteiger partial charge is 0.406 e. The number of ether oxygens (including phenoxy) is 1. The third-order valence-corrected chi connectivity index (χ3v) is 7.72. The lowest BCUT2D eigenvalue weighted by atomic mass is 10.1. The lowest BCUT2D eigenvalue weighted by Gasteiger charge is -2.21. The van der Waals surface area contributed by atoms with Gasteiger partial charge in [0.05, 0.1) is 17.1 Å². The summed E-state index contributed by atoms with van der Waals surface area (Å²) in [5.41, 5.74) is 5.30. The van der Waals surface area contributed by atoms with Gasteiger partial charge in [-0.25, -0.2) is 9.67 Å². The summed E-state index contributed by atoms with van der Waals surface area (Å²) in [5, 5.41) is 8.55. The molecule has 1 amide bonds. The van der Waals surface area contributed by atoms with Crippen LogP contribution in [0.3, 0.4) is 0 Å². The number of para-hydroxylation sites is 1. The van der Waals surface area contributed by atoms with E-state index in [2.05, 4.69) is 25.1 Å². The van der Waals surface area contributed by atoms with E-state index in [0.29, 0.717) is 34.1 Å². The molecule has 0 bridgehead atoms. The van der Waals surface area contributed by atoms with Gasteiger partial charge in [0, 0.05) is 12.1 Å². The molecule has 1 N–H and O–H groups in total. The molecule has 0 unspecified atom stereocenters. The van der Waals surface area contributed by atoms with E-state index in [1.165, 1.54) is 47.0 Å². The standard InChI is InChI=1S/C30H27F3N6O2S2/c1-19-6-3-7-20(2)26(19)39-25(40)17-43-29(39)36-28(42)34-15-5-9-21-8-4-10-22(16-21)27-35-18-38(37-27)23-11-13-24(14-12-23)41-30(31,32)33/h3-4,6-8,10-14,16,18H,5,9,15,17H2,1-2H3,(H,34,42). The second-order valence-electron chi connectivity index (χ2n) is 9.74. The molecule has 5 rings (SSSR count). The molecule has 3 aromatic carbocycles. The van der Waals surface area contributed by atoms with Crippen LogP contribution in [0.4, 0.5) is 18.9 Å². The third-order valence-electron chi connectivity index (χ3n) is 6.56. The molecule has 4 aromatic rings. The Morgan fingerprint density at radius 1 is 1.09 bits per heavy atom. The van der Waals surface area contributed by atoms with Gasteiger partial charge in [-0.3, -0.25) is 9.69 Å². The van der Waals surface area contributed by atoms with Crippen LogP contribution in [-0.2, 0) is 11.2 Å². The third kappa shape index (κ3) is 7.59. The molecule has 222 valence electrons. The van der Waals surface area contributed by atoms with Crippen molar-refractivity contribution in [2.24, 2.45) is 4.99 Å². The van der Waals surface area contributed by atoms with Crippen molar-refractivity contribution in [1.29, 1.82) is 0 Å². The first-order chi connectivity index (χ1) is 20.6. The normalized spacial score (nSPS) is 14.4. The maximum atomic E-state index is 12.7. The number of thiocarbonyl (C=S) groups is 1. The Morgan fingerprint density at radius 2 is 1.81 bits per heavy atom. The van der Waals surface area contributed by atoms with Crippen LogP contribution in [-0.4, -0.2) is 49.6 Å². The van der Waals surface area contributed by atoms with E-state index in [-0.39, 0.29) is 11.7 Å². The summed E-state index contributed by atoms with van der Waals surface area (Å²) in [6, 6.07) is 19.2. The number of halogens is 3. The molecule has 0 radical (unpaired) electrons. The number of aliphatic imine (C=N–C) groups is 1. The average Bonchev–Trinajstić information content (AvgIpc) is 3.59. The molecular formula is C30H27F3N6O2S2. The van der Waals surface area contributed by atoms with Gasteiger partial charge in [0.25, 0.3) is 0 Å². The summed E-state index contributed by atoms with van der Waals surface area (Å²) in [6.07, 6.45) is -1.69. The summed E-state index contributed by atoms with van der Waals surface area (Å²) in [4.78, 5) is 23.2. The number of aryl methyl sites for hydroxylation is 3. The van der Waals surface area contributed by atoms with Gasteiger partial charge in [0.2, 0.25) is 5.91 Å². The first kappa shape index (κ1) is 30.2. The van der Waals surface area contributed by atoms with Gasteiger partial charge >= 0.3 is 6.36 Å². The van der Waals surface area contributed by atoms with Crippen LogP contribution in [0.15, 0.2) is 78.0 Å². The van der Waals surface area contributed by atoms with E-state index in [1.54, 1.807) is 4.90 Å². The highest BCUT2D eigenvalue weighted by Crippen LogP contribution is 2.32. The van der Waals surface area contributed by atoms with Gasteiger partial charge in [-0.05, 0) is 85.9 Å². The number of benzene rings is 3. The highest BCUT2D eigenvalue weighted by molar-refractivity contribution is 8.15. The van der Waals surface area contributed by atoms with E-state index in [1.807, 2.05) is 56.3 Å². The Labute approximate surface area is 256 Å². The van der Waals surface area contributed by atoms with Crippen LogP contribution in [0, 0.1) is 13.8 Å². The lowest BCUT2D eigenvalue weighted by molar-refractivity contribution is -0.274. The number of nitrogens with zero attached hydrogens (tertiary/aromatic N) is 5. The van der Waals surface area contributed by atoms with Crippen LogP contribution in [0.2, 0.25) is 0 Å². The number of aromatic nitrogens is 3. The number of amidine groups is 1. The summed E-state index contributed by atoms with van der Waals surface area (Å²) < 4.78 is 42.7. The second kappa shape index (κ2) is 13.0. The van der Waals surface area contributed by atoms with Crippen molar-refractivity contribution >= 4 is 45.9 Å². The average molecular weight is 625 g/mol. The van der Waals surface area contributed by atoms with Gasteiger partial charge in [0.15, 0.2) is 16.1 Å². The van der Waals surface area contributed by atoms with E-state index >= 15 is 0 Å². The van der Waals surface area contributed by atoms with Crippen molar-refractivity contribution in [3.63, 3.8) is 0 Å². The molecule has 1 aliphatic rings. The maximum absolute atomic E-state index is 12.7. The zero-order valence-corrected chi connectivity index (χ0v) is 24.9. The topological polar surface area (TPSA) is 84.6 Å². The van der Waals surface area contributed by atoms with Crippen molar-refractivity contribution in [2.45, 2.75) is 33.1 Å². The number of amides is 1. The van der Waals surface area contributed by atoms with Crippen molar-refractivity contribution in [3.05, 3.63) is 89.7 Å². The molecule has 1 saturated heterocycles. The van der Waals surface area contributed by atoms with Crippen LogP contribution in [0.5, 0.6) is 5.75 Å². The quantitative estimate of drug-likeness (QED) is 0.180. The minimum absolute atomic E-state index is 0.0170. The fraction of sp³-hybridized carbons (Fsp3) is 0.233. The van der Waals surface area contributed by atoms with Crippen LogP contribution in [0.1, 0.15) is 23.1 Å². The number of hydrogen-bond donors (Lipinski definition) is 1. The van der Waals surface area contributed by atoms with E-state index in [0.717, 1.165) is 40.8 Å². The van der Waals surface area contributed by atoms with Gasteiger partial charge in [-0.2, -0.15) is 4.99 Å². The number of alkyl halides is 3. The molecule has 0 saturated carbocycles. The summed E-state index contributed by atoms with van der Waals surface area (Å²) >= 11 is 6.84. The largest absolute Gasteiger partial charge is 0.573 e. The van der Waals surface area contributed by atoms with Crippen LogP contribution >= 0.6 is 24.0 Å². The van der Waals surface area contributed by atoms with Crippen LogP contribution in [0.25, 0.3) is 17.1 Å². The van der Waals surface area contributed by atoms with E-state index in [9.17, 15) is 18.0 Å². The molecule has 43 heavy (non-hydrogen) atoms. The summed E-state index contributed by atoms with van der Waals surface area (Å²) in [5.74, 6) is 0.488. The fourth-order valence-corrected chi connectivity index (χ4v) is 5.73. The van der Waals surface area contributed by atoms with E-state index < -0.39 is 6.36 Å². The Bertz CT molecular complexity index is 1650. The number of hydrogen-bond acceptors (Lipinski definition) is 6. The SMILES string of the molecule is Cc1cccc(C)c1N1C(=O)CSC1=NC(=S)NCCCc1cccc(-c2ncn(-c3ccc(OC(F)(F)F)cc3)n2)c1. The lowest BCUT2D eigenvalue weighted by Crippen LogP contribution is -2.32. The number of nitrogens with one attached hydrogen (secondary N) is 1. The molecule has 2 heterocycles. The van der Waals surface area contributed by atoms with Gasteiger partial charge < -0.3 is 10.1 Å². The van der Waals surface area contributed by atoms with Crippen molar-refractivity contribution in [1.82, 2.24) is 20.1 Å². The van der Waals surface area contributed by atoms with Gasteiger partial charge in [-0.1, -0.05) is 48.2 Å².